The van der Waals surface area contributed by atoms with Gasteiger partial charge in [-0.25, -0.2) is 4.79 Å². The SMILES string of the molecule is COC(=O)CNCC#CC(=O)OCc1ccc(OC)cc1. The first-order valence-corrected chi connectivity index (χ1v) is 6.21. The lowest BCUT2D eigenvalue weighted by Crippen LogP contribution is -2.24. The zero-order valence-electron chi connectivity index (χ0n) is 12.0. The minimum absolute atomic E-state index is 0.0477. The smallest absolute Gasteiger partial charge is 0.384 e. The largest absolute Gasteiger partial charge is 0.497 e. The fraction of sp³-hybridized carbons (Fsp3) is 0.333. The topological polar surface area (TPSA) is 73.9 Å². The third-order valence-corrected chi connectivity index (χ3v) is 2.43. The molecule has 0 bridgehead atoms. The van der Waals surface area contributed by atoms with Crippen LogP contribution in [0.25, 0.3) is 0 Å². The van der Waals surface area contributed by atoms with Crippen LogP contribution in [-0.4, -0.2) is 39.2 Å². The van der Waals surface area contributed by atoms with E-state index in [2.05, 4.69) is 21.9 Å². The molecule has 1 N–H and O–H groups in total. The minimum Gasteiger partial charge on any atom is -0.497 e. The van der Waals surface area contributed by atoms with E-state index >= 15 is 0 Å². The molecular weight excluding hydrogens is 274 g/mol. The van der Waals surface area contributed by atoms with Gasteiger partial charge in [0.15, 0.2) is 0 Å². The molecule has 0 aliphatic rings. The number of nitrogens with one attached hydrogen (secondary N) is 1. The van der Waals surface area contributed by atoms with Gasteiger partial charge in [0.1, 0.15) is 12.4 Å². The number of carbonyl (C=O) groups excluding carboxylic acids is 2. The van der Waals surface area contributed by atoms with E-state index in [9.17, 15) is 9.59 Å². The molecule has 0 unspecified atom stereocenters. The molecule has 0 saturated carbocycles. The van der Waals surface area contributed by atoms with Gasteiger partial charge in [0, 0.05) is 5.92 Å². The highest BCUT2D eigenvalue weighted by atomic mass is 16.5. The van der Waals surface area contributed by atoms with Crippen molar-refractivity contribution in [3.05, 3.63) is 29.8 Å². The van der Waals surface area contributed by atoms with Gasteiger partial charge < -0.3 is 14.2 Å². The quantitative estimate of drug-likeness (QED) is 0.356. The molecule has 0 aliphatic heterocycles. The van der Waals surface area contributed by atoms with E-state index in [0.29, 0.717) is 0 Å². The predicted molar refractivity (Wildman–Crippen MR) is 75.5 cm³/mol. The summed E-state index contributed by atoms with van der Waals surface area (Å²) in [6.07, 6.45) is 0. The first kappa shape index (κ1) is 16.5. The zero-order valence-corrected chi connectivity index (χ0v) is 12.0. The molecule has 21 heavy (non-hydrogen) atoms. The molecule has 0 spiro atoms. The van der Waals surface area contributed by atoms with Crippen LogP contribution in [-0.2, 0) is 25.7 Å². The van der Waals surface area contributed by atoms with E-state index in [0.717, 1.165) is 11.3 Å². The Balaban J connectivity index is 2.26. The molecule has 0 radical (unpaired) electrons. The van der Waals surface area contributed by atoms with Gasteiger partial charge in [-0.05, 0) is 17.7 Å². The summed E-state index contributed by atoms with van der Waals surface area (Å²) < 4.78 is 14.4. The number of ether oxygens (including phenoxy) is 3. The number of hydrogen-bond donors (Lipinski definition) is 1. The highest BCUT2D eigenvalue weighted by molar-refractivity contribution is 5.88. The summed E-state index contributed by atoms with van der Waals surface area (Å²) in [5.41, 5.74) is 0.842. The van der Waals surface area contributed by atoms with Crippen molar-refractivity contribution >= 4 is 11.9 Å². The fourth-order valence-corrected chi connectivity index (χ4v) is 1.32. The molecule has 6 heteroatoms. The van der Waals surface area contributed by atoms with Crippen LogP contribution in [0.5, 0.6) is 5.75 Å². The molecule has 0 aromatic heterocycles. The van der Waals surface area contributed by atoms with E-state index in [4.69, 9.17) is 9.47 Å². The van der Waals surface area contributed by atoms with E-state index in [-0.39, 0.29) is 25.7 Å². The molecule has 1 aromatic carbocycles. The highest BCUT2D eigenvalue weighted by Gasteiger charge is 2.00. The van der Waals surface area contributed by atoms with Crippen LogP contribution in [0, 0.1) is 11.8 Å². The van der Waals surface area contributed by atoms with Gasteiger partial charge >= 0.3 is 11.9 Å². The van der Waals surface area contributed by atoms with Gasteiger partial charge in [0.05, 0.1) is 27.3 Å². The monoisotopic (exact) mass is 291 g/mol. The Labute approximate surface area is 123 Å². The third-order valence-electron chi connectivity index (χ3n) is 2.43. The molecule has 0 saturated heterocycles. The predicted octanol–water partition coefficient (Wildman–Crippen LogP) is 0.504. The minimum atomic E-state index is -0.620. The Morgan fingerprint density at radius 1 is 1.19 bits per heavy atom. The van der Waals surface area contributed by atoms with Crippen LogP contribution in [0.1, 0.15) is 5.56 Å². The lowest BCUT2D eigenvalue weighted by Gasteiger charge is -2.03. The van der Waals surface area contributed by atoms with Crippen LogP contribution in [0.15, 0.2) is 24.3 Å². The van der Waals surface area contributed by atoms with Gasteiger partial charge in [-0.2, -0.15) is 0 Å². The Morgan fingerprint density at radius 3 is 2.52 bits per heavy atom. The summed E-state index contributed by atoms with van der Waals surface area (Å²) in [5.74, 6) is 4.60. The van der Waals surface area contributed by atoms with Crippen molar-refractivity contribution in [2.45, 2.75) is 6.61 Å². The molecule has 0 fully saturated rings. The van der Waals surface area contributed by atoms with Crippen molar-refractivity contribution in [2.24, 2.45) is 0 Å². The molecule has 112 valence electrons. The maximum atomic E-state index is 11.4. The highest BCUT2D eigenvalue weighted by Crippen LogP contribution is 2.11. The van der Waals surface area contributed by atoms with Crippen molar-refractivity contribution in [1.29, 1.82) is 0 Å². The molecule has 0 amide bonds. The lowest BCUT2D eigenvalue weighted by atomic mass is 10.2. The molecule has 0 aliphatic carbocycles. The van der Waals surface area contributed by atoms with Crippen molar-refractivity contribution < 1.29 is 23.8 Å². The molecule has 6 nitrogen and oxygen atoms in total. The number of esters is 2. The van der Waals surface area contributed by atoms with Crippen molar-refractivity contribution in [1.82, 2.24) is 5.32 Å². The van der Waals surface area contributed by atoms with Gasteiger partial charge in [-0.1, -0.05) is 18.1 Å². The first-order valence-electron chi connectivity index (χ1n) is 6.21. The second-order valence-corrected chi connectivity index (χ2v) is 3.91. The molecule has 1 aromatic rings. The Morgan fingerprint density at radius 2 is 1.90 bits per heavy atom. The molecule has 1 rings (SSSR count). The van der Waals surface area contributed by atoms with Crippen molar-refractivity contribution in [3.63, 3.8) is 0 Å². The van der Waals surface area contributed by atoms with E-state index < -0.39 is 5.97 Å². The van der Waals surface area contributed by atoms with Crippen molar-refractivity contribution in [3.8, 4) is 17.6 Å². The third kappa shape index (κ3) is 6.99. The molecule has 0 heterocycles. The van der Waals surface area contributed by atoms with Crippen LogP contribution in [0.2, 0.25) is 0 Å². The lowest BCUT2D eigenvalue weighted by molar-refractivity contribution is -0.139. The summed E-state index contributed by atoms with van der Waals surface area (Å²) in [6.45, 7) is 0.395. The molecule has 0 atom stereocenters. The summed E-state index contributed by atoms with van der Waals surface area (Å²) in [6, 6.07) is 7.17. The number of benzene rings is 1. The van der Waals surface area contributed by atoms with E-state index in [1.807, 2.05) is 0 Å². The number of carbonyl (C=O) groups is 2. The average Bonchev–Trinajstić information content (AvgIpc) is 2.52. The Hall–Kier alpha value is -2.52. The van der Waals surface area contributed by atoms with Crippen LogP contribution < -0.4 is 10.1 Å². The van der Waals surface area contributed by atoms with Gasteiger partial charge in [0.25, 0.3) is 0 Å². The van der Waals surface area contributed by atoms with Crippen LogP contribution >= 0.6 is 0 Å². The summed E-state index contributed by atoms with van der Waals surface area (Å²) in [7, 11) is 2.88. The summed E-state index contributed by atoms with van der Waals surface area (Å²) in [4.78, 5) is 22.1. The number of rotatable bonds is 6. The second-order valence-electron chi connectivity index (χ2n) is 3.91. The maximum Gasteiger partial charge on any atom is 0.384 e. The maximum absolute atomic E-state index is 11.4. The van der Waals surface area contributed by atoms with Crippen LogP contribution in [0.3, 0.4) is 0 Å². The summed E-state index contributed by atoms with van der Waals surface area (Å²) in [5, 5.41) is 2.71. The molecular formula is C15H17NO5. The van der Waals surface area contributed by atoms with E-state index in [1.54, 1.807) is 31.4 Å². The summed E-state index contributed by atoms with van der Waals surface area (Å²) >= 11 is 0. The number of hydrogen-bond acceptors (Lipinski definition) is 6. The Kier molecular flexibility index (Phi) is 7.40. The van der Waals surface area contributed by atoms with Gasteiger partial charge in [-0.15, -0.1) is 0 Å². The van der Waals surface area contributed by atoms with Gasteiger partial charge in [-0.3, -0.25) is 10.1 Å². The second kappa shape index (κ2) is 9.39. The Bertz CT molecular complexity index is 527. The van der Waals surface area contributed by atoms with Gasteiger partial charge in [0.2, 0.25) is 0 Å². The zero-order chi connectivity index (χ0) is 15.5. The average molecular weight is 291 g/mol. The first-order chi connectivity index (χ1) is 10.2. The van der Waals surface area contributed by atoms with Crippen LogP contribution in [0.4, 0.5) is 0 Å². The number of methoxy groups -OCH3 is 2. The van der Waals surface area contributed by atoms with Crippen molar-refractivity contribution in [2.75, 3.05) is 27.3 Å². The standard InChI is InChI=1S/C15H17NO5/c1-19-13-7-5-12(6-8-13)11-21-14(17)4-3-9-16-10-15(18)20-2/h5-8,16H,9-11H2,1-2H3. The van der Waals surface area contributed by atoms with E-state index in [1.165, 1.54) is 7.11 Å². The fourth-order valence-electron chi connectivity index (χ4n) is 1.32. The normalized spacial score (nSPS) is 9.24.